The molecule has 1 atom stereocenters. The molecule has 0 aliphatic carbocycles. The standard InChI is InChI=1S/C26H17Cl2NO4S/c1-33-25-17(27)12-15(13-18(25)28)23(30)21-22(20-10-5-11-34-20)29(26(32)24(21)31)19-9-4-7-14-6-2-3-8-16(14)19/h2-13,22,30H,1H3/b23-21-. The van der Waals surface area contributed by atoms with E-state index in [1.54, 1.807) is 6.07 Å². The fourth-order valence-electron chi connectivity index (χ4n) is 4.26. The van der Waals surface area contributed by atoms with Crippen LogP contribution in [0.25, 0.3) is 16.5 Å². The molecule has 0 saturated carbocycles. The summed E-state index contributed by atoms with van der Waals surface area (Å²) in [6.07, 6.45) is 0. The molecule has 8 heteroatoms. The highest BCUT2D eigenvalue weighted by Crippen LogP contribution is 2.46. The molecule has 1 aliphatic rings. The van der Waals surface area contributed by atoms with Crippen LogP contribution in [0.4, 0.5) is 5.69 Å². The Morgan fingerprint density at radius 3 is 2.38 bits per heavy atom. The van der Waals surface area contributed by atoms with Gasteiger partial charge in [0, 0.05) is 15.8 Å². The van der Waals surface area contributed by atoms with Crippen molar-refractivity contribution in [1.29, 1.82) is 0 Å². The van der Waals surface area contributed by atoms with Gasteiger partial charge in [0.05, 0.1) is 28.4 Å². The van der Waals surface area contributed by atoms with Crippen molar-refractivity contribution in [3.8, 4) is 5.75 Å². The van der Waals surface area contributed by atoms with Gasteiger partial charge in [0.15, 0.2) is 5.75 Å². The van der Waals surface area contributed by atoms with Crippen LogP contribution in [-0.4, -0.2) is 23.9 Å². The summed E-state index contributed by atoms with van der Waals surface area (Å²) in [5.41, 5.74) is 0.773. The van der Waals surface area contributed by atoms with Gasteiger partial charge in [-0.25, -0.2) is 0 Å². The normalized spacial score (nSPS) is 17.5. The SMILES string of the molecule is COc1c(Cl)cc(/C(O)=C2/C(=O)C(=O)N(c3cccc4ccccc34)C2c2cccs2)cc1Cl. The Hall–Kier alpha value is -3.32. The van der Waals surface area contributed by atoms with Crippen molar-refractivity contribution in [3.63, 3.8) is 0 Å². The van der Waals surface area contributed by atoms with Gasteiger partial charge in [0.2, 0.25) is 0 Å². The molecule has 1 N–H and O–H groups in total. The summed E-state index contributed by atoms with van der Waals surface area (Å²) in [7, 11) is 1.43. The maximum absolute atomic E-state index is 13.4. The van der Waals surface area contributed by atoms with E-state index in [1.807, 2.05) is 53.9 Å². The molecule has 1 amide bonds. The highest BCUT2D eigenvalue weighted by atomic mass is 35.5. The molecule has 5 nitrogen and oxygen atoms in total. The molecular weight excluding hydrogens is 493 g/mol. The zero-order valence-corrected chi connectivity index (χ0v) is 20.1. The van der Waals surface area contributed by atoms with Crippen molar-refractivity contribution in [2.45, 2.75) is 6.04 Å². The molecule has 4 aromatic rings. The quantitative estimate of drug-likeness (QED) is 0.185. The highest BCUT2D eigenvalue weighted by molar-refractivity contribution is 7.10. The van der Waals surface area contributed by atoms with Gasteiger partial charge in [0.25, 0.3) is 11.7 Å². The molecule has 1 saturated heterocycles. The fourth-order valence-corrected chi connectivity index (χ4v) is 5.73. The van der Waals surface area contributed by atoms with E-state index in [1.165, 1.54) is 35.5 Å². The van der Waals surface area contributed by atoms with E-state index in [0.29, 0.717) is 5.69 Å². The Morgan fingerprint density at radius 1 is 1.00 bits per heavy atom. The van der Waals surface area contributed by atoms with Gasteiger partial charge in [-0.3, -0.25) is 14.5 Å². The molecule has 170 valence electrons. The molecule has 1 aliphatic heterocycles. The fraction of sp³-hybridized carbons (Fsp3) is 0.0769. The number of aliphatic hydroxyl groups excluding tert-OH is 1. The zero-order valence-electron chi connectivity index (χ0n) is 17.8. The first kappa shape index (κ1) is 22.5. The maximum Gasteiger partial charge on any atom is 0.300 e. The van der Waals surface area contributed by atoms with E-state index < -0.39 is 17.7 Å². The summed E-state index contributed by atoms with van der Waals surface area (Å²) in [4.78, 5) is 28.9. The number of anilines is 1. The van der Waals surface area contributed by atoms with E-state index in [-0.39, 0.29) is 32.7 Å². The maximum atomic E-state index is 13.4. The number of carbonyl (C=O) groups is 2. The minimum Gasteiger partial charge on any atom is -0.507 e. The van der Waals surface area contributed by atoms with E-state index in [2.05, 4.69) is 0 Å². The average molecular weight is 510 g/mol. The number of thiophene rings is 1. The first-order chi connectivity index (χ1) is 16.4. The van der Waals surface area contributed by atoms with Crippen molar-refractivity contribution in [1.82, 2.24) is 0 Å². The largest absolute Gasteiger partial charge is 0.507 e. The summed E-state index contributed by atoms with van der Waals surface area (Å²) in [5.74, 6) is -1.61. The minimum atomic E-state index is -0.814. The van der Waals surface area contributed by atoms with Gasteiger partial charge in [-0.05, 0) is 35.0 Å². The van der Waals surface area contributed by atoms with Crippen LogP contribution in [0.1, 0.15) is 16.5 Å². The molecule has 1 aromatic heterocycles. The second kappa shape index (κ2) is 8.80. The molecule has 0 spiro atoms. The number of amides is 1. The van der Waals surface area contributed by atoms with Crippen molar-refractivity contribution in [2.24, 2.45) is 0 Å². The number of ether oxygens (including phenoxy) is 1. The van der Waals surface area contributed by atoms with E-state index in [9.17, 15) is 14.7 Å². The lowest BCUT2D eigenvalue weighted by Gasteiger charge is -2.25. The molecule has 0 bridgehead atoms. The van der Waals surface area contributed by atoms with Crippen molar-refractivity contribution in [3.05, 3.63) is 98.2 Å². The van der Waals surface area contributed by atoms with Crippen LogP contribution < -0.4 is 9.64 Å². The molecule has 3 aromatic carbocycles. The molecular formula is C26H17Cl2NO4S. The number of hydrogen-bond donors (Lipinski definition) is 1. The number of benzene rings is 3. The lowest BCUT2D eigenvalue weighted by atomic mass is 9.99. The second-order valence-electron chi connectivity index (χ2n) is 7.66. The topological polar surface area (TPSA) is 66.8 Å². The number of hydrogen-bond acceptors (Lipinski definition) is 5. The van der Waals surface area contributed by atoms with Gasteiger partial charge in [-0.15, -0.1) is 11.3 Å². The minimum absolute atomic E-state index is 0.0299. The van der Waals surface area contributed by atoms with Crippen molar-refractivity contribution in [2.75, 3.05) is 12.0 Å². The summed E-state index contributed by atoms with van der Waals surface area (Å²) < 4.78 is 5.18. The number of aliphatic hydroxyl groups is 1. The van der Waals surface area contributed by atoms with E-state index in [4.69, 9.17) is 27.9 Å². The smallest absolute Gasteiger partial charge is 0.300 e. The summed E-state index contributed by atoms with van der Waals surface area (Å²) in [6, 6.07) is 19.0. The zero-order chi connectivity index (χ0) is 24.0. The molecule has 34 heavy (non-hydrogen) atoms. The average Bonchev–Trinajstić information content (AvgIpc) is 3.45. The van der Waals surface area contributed by atoms with Crippen LogP contribution in [-0.2, 0) is 9.59 Å². The van der Waals surface area contributed by atoms with Crippen LogP contribution in [0.5, 0.6) is 5.75 Å². The number of ketones is 1. The first-order valence-electron chi connectivity index (χ1n) is 10.3. The number of methoxy groups -OCH3 is 1. The first-order valence-corrected chi connectivity index (χ1v) is 11.9. The van der Waals surface area contributed by atoms with Gasteiger partial charge in [-0.1, -0.05) is 65.7 Å². The lowest BCUT2D eigenvalue weighted by molar-refractivity contribution is -0.132. The summed E-state index contributed by atoms with van der Waals surface area (Å²) >= 11 is 13.9. The van der Waals surface area contributed by atoms with Gasteiger partial charge < -0.3 is 9.84 Å². The van der Waals surface area contributed by atoms with Crippen LogP contribution in [0.3, 0.4) is 0 Å². The van der Waals surface area contributed by atoms with Gasteiger partial charge in [-0.2, -0.15) is 0 Å². The third-order valence-electron chi connectivity index (χ3n) is 5.76. The number of Topliss-reactive ketones (excluding diaryl/α,β-unsaturated/α-hetero) is 1. The highest BCUT2D eigenvalue weighted by Gasteiger charge is 2.47. The molecule has 0 radical (unpaired) electrons. The summed E-state index contributed by atoms with van der Waals surface area (Å²) in [6.45, 7) is 0. The monoisotopic (exact) mass is 509 g/mol. The van der Waals surface area contributed by atoms with Crippen LogP contribution in [0.2, 0.25) is 10.0 Å². The Labute approximate surface area is 209 Å². The predicted octanol–water partition coefficient (Wildman–Crippen LogP) is 6.84. The Morgan fingerprint density at radius 2 is 1.71 bits per heavy atom. The second-order valence-corrected chi connectivity index (χ2v) is 9.45. The van der Waals surface area contributed by atoms with Crippen LogP contribution in [0, 0.1) is 0 Å². The molecule has 1 fully saturated rings. The Bertz CT molecular complexity index is 1450. The third-order valence-corrected chi connectivity index (χ3v) is 7.25. The number of carbonyl (C=O) groups excluding carboxylic acids is 2. The molecule has 2 heterocycles. The number of fused-ring (bicyclic) bond motifs is 1. The number of nitrogens with zero attached hydrogens (tertiary/aromatic N) is 1. The Kier molecular flexibility index (Phi) is 5.81. The number of rotatable bonds is 4. The van der Waals surface area contributed by atoms with Crippen LogP contribution >= 0.6 is 34.5 Å². The van der Waals surface area contributed by atoms with Crippen LogP contribution in [0.15, 0.2) is 77.7 Å². The third kappa shape index (κ3) is 3.55. The van der Waals surface area contributed by atoms with Crippen molar-refractivity contribution < 1.29 is 19.4 Å². The van der Waals surface area contributed by atoms with E-state index in [0.717, 1.165) is 15.6 Å². The van der Waals surface area contributed by atoms with Crippen molar-refractivity contribution >= 4 is 68.4 Å². The number of halogens is 2. The Balaban J connectivity index is 1.76. The van der Waals surface area contributed by atoms with Gasteiger partial charge in [0.1, 0.15) is 11.8 Å². The molecule has 5 rings (SSSR count). The van der Waals surface area contributed by atoms with Gasteiger partial charge >= 0.3 is 0 Å². The van der Waals surface area contributed by atoms with E-state index >= 15 is 0 Å². The predicted molar refractivity (Wildman–Crippen MR) is 136 cm³/mol. The molecule has 1 unspecified atom stereocenters. The summed E-state index contributed by atoms with van der Waals surface area (Å²) in [5, 5.41) is 15.3. The lowest BCUT2D eigenvalue weighted by Crippen LogP contribution is -2.29.